The second kappa shape index (κ2) is 8.87. The highest BCUT2D eigenvalue weighted by Gasteiger charge is 2.32. The van der Waals surface area contributed by atoms with Gasteiger partial charge in [0.25, 0.3) is 8.53 Å². The van der Waals surface area contributed by atoms with Crippen LogP contribution in [0.15, 0.2) is 0 Å². The summed E-state index contributed by atoms with van der Waals surface area (Å²) in [6.07, 6.45) is 1.33. The monoisotopic (exact) mass is 288 g/mol. The molecule has 112 valence electrons. The van der Waals surface area contributed by atoms with Gasteiger partial charge in [-0.15, -0.1) is 0 Å². The summed E-state index contributed by atoms with van der Waals surface area (Å²) in [5.74, 6) is 0. The molecule has 0 radical (unpaired) electrons. The van der Waals surface area contributed by atoms with Crippen LogP contribution in [0.3, 0.4) is 0 Å². The Balaban J connectivity index is 4.86. The van der Waals surface area contributed by atoms with Gasteiger partial charge in [-0.1, -0.05) is 6.92 Å². The third-order valence-electron chi connectivity index (χ3n) is 2.84. The highest BCUT2D eigenvalue weighted by molar-refractivity contribution is 7.44. The summed E-state index contributed by atoms with van der Waals surface area (Å²) in [7, 11) is -1.13. The molecule has 0 N–H and O–H groups in total. The molecule has 0 aromatic carbocycles. The van der Waals surface area contributed by atoms with Crippen molar-refractivity contribution in [2.45, 2.75) is 79.0 Å². The lowest BCUT2D eigenvalue weighted by molar-refractivity contribution is 0.0695. The Hall–Kier alpha value is -0.200. The predicted octanol–water partition coefficient (Wildman–Crippen LogP) is 4.47. The highest BCUT2D eigenvalue weighted by atomic mass is 31.2. The van der Waals surface area contributed by atoms with E-state index >= 15 is 0 Å². The van der Waals surface area contributed by atoms with Crippen LogP contribution < -0.4 is 0 Å². The first-order valence-electron chi connectivity index (χ1n) is 7.02. The van der Waals surface area contributed by atoms with E-state index in [0.29, 0.717) is 25.1 Å². The van der Waals surface area contributed by atoms with Crippen LogP contribution in [0.25, 0.3) is 0 Å². The van der Waals surface area contributed by atoms with Crippen LogP contribution in [-0.2, 0) is 9.05 Å². The van der Waals surface area contributed by atoms with Crippen LogP contribution in [0.2, 0.25) is 0 Å². The molecule has 0 spiro atoms. The van der Waals surface area contributed by atoms with Crippen molar-refractivity contribution < 1.29 is 9.05 Å². The van der Waals surface area contributed by atoms with Crippen LogP contribution in [-0.4, -0.2) is 29.0 Å². The summed E-state index contributed by atoms with van der Waals surface area (Å²) in [6, 6.07) is 2.80. The molecule has 4 nitrogen and oxygen atoms in total. The molecule has 1 atom stereocenters. The fraction of sp³-hybridized carbons (Fsp3) is 0.929. The lowest BCUT2D eigenvalue weighted by atomic mass is 10.1. The molecule has 0 aromatic heterocycles. The number of hydrogen-bond donors (Lipinski definition) is 0. The molecule has 0 heterocycles. The molecule has 0 rings (SSSR count). The number of hydrogen-bond acceptors (Lipinski definition) is 4. The van der Waals surface area contributed by atoms with E-state index in [1.165, 1.54) is 0 Å². The zero-order valence-corrected chi connectivity index (χ0v) is 14.3. The van der Waals surface area contributed by atoms with Gasteiger partial charge in [0, 0.05) is 12.1 Å². The molecule has 0 aliphatic rings. The van der Waals surface area contributed by atoms with Crippen LogP contribution >= 0.6 is 8.53 Å². The van der Waals surface area contributed by atoms with Gasteiger partial charge in [0.2, 0.25) is 0 Å². The number of rotatable bonds is 9. The fourth-order valence-electron chi connectivity index (χ4n) is 1.56. The molecule has 0 fully saturated rings. The maximum absolute atomic E-state index is 8.64. The van der Waals surface area contributed by atoms with Gasteiger partial charge in [-0.25, -0.2) is 4.67 Å². The Morgan fingerprint density at radius 2 is 1.74 bits per heavy atom. The average Bonchev–Trinajstić information content (AvgIpc) is 2.27. The Morgan fingerprint density at radius 3 is 2.11 bits per heavy atom. The number of nitrogens with zero attached hydrogens (tertiary/aromatic N) is 2. The maximum Gasteiger partial charge on any atom is 0.259 e. The standard InChI is InChI=1S/C14H29N2O2P/c1-8-14(6,7)18-19(17-11-9-10-15)16(12(2)3)13(4)5/h12-13H,8-9,11H2,1-7H3. The minimum Gasteiger partial charge on any atom is -0.321 e. The van der Waals surface area contributed by atoms with Crippen molar-refractivity contribution in [2.75, 3.05) is 6.61 Å². The van der Waals surface area contributed by atoms with E-state index in [2.05, 4.69) is 59.2 Å². The molecule has 5 heteroatoms. The van der Waals surface area contributed by atoms with Gasteiger partial charge in [-0.05, 0) is 48.0 Å². The first kappa shape index (κ1) is 18.8. The zero-order valence-electron chi connectivity index (χ0n) is 13.4. The van der Waals surface area contributed by atoms with Gasteiger partial charge in [-0.3, -0.25) is 0 Å². The van der Waals surface area contributed by atoms with Gasteiger partial charge in [0.15, 0.2) is 0 Å². The van der Waals surface area contributed by atoms with E-state index < -0.39 is 8.53 Å². The predicted molar refractivity (Wildman–Crippen MR) is 80.7 cm³/mol. The van der Waals surface area contributed by atoms with E-state index in [0.717, 1.165) is 6.42 Å². The number of nitriles is 1. The lowest BCUT2D eigenvalue weighted by Gasteiger charge is -2.39. The fourth-order valence-corrected chi connectivity index (χ4v) is 3.39. The maximum atomic E-state index is 8.64. The Labute approximate surface area is 120 Å². The molecule has 0 aromatic rings. The summed E-state index contributed by atoms with van der Waals surface area (Å²) < 4.78 is 14.3. The topological polar surface area (TPSA) is 45.5 Å². The van der Waals surface area contributed by atoms with Crippen LogP contribution in [0.1, 0.15) is 61.3 Å². The first-order chi connectivity index (χ1) is 8.75. The molecule has 19 heavy (non-hydrogen) atoms. The van der Waals surface area contributed by atoms with E-state index in [1.807, 2.05) is 0 Å². The van der Waals surface area contributed by atoms with E-state index in [9.17, 15) is 0 Å². The van der Waals surface area contributed by atoms with Crippen molar-refractivity contribution in [3.8, 4) is 6.07 Å². The van der Waals surface area contributed by atoms with Gasteiger partial charge in [0.1, 0.15) is 0 Å². The molecule has 0 aliphatic heterocycles. The van der Waals surface area contributed by atoms with Gasteiger partial charge < -0.3 is 9.05 Å². The quantitative estimate of drug-likeness (QED) is 0.464. The van der Waals surface area contributed by atoms with Gasteiger partial charge in [-0.2, -0.15) is 5.26 Å². The van der Waals surface area contributed by atoms with Gasteiger partial charge >= 0.3 is 0 Å². The van der Waals surface area contributed by atoms with Crippen LogP contribution in [0.4, 0.5) is 0 Å². The van der Waals surface area contributed by atoms with Crippen LogP contribution in [0.5, 0.6) is 0 Å². The van der Waals surface area contributed by atoms with E-state index in [4.69, 9.17) is 14.3 Å². The molecule has 0 bridgehead atoms. The first-order valence-corrected chi connectivity index (χ1v) is 8.15. The van der Waals surface area contributed by atoms with Crippen molar-refractivity contribution in [1.82, 2.24) is 4.67 Å². The Kier molecular flexibility index (Phi) is 8.78. The summed E-state index contributed by atoms with van der Waals surface area (Å²) >= 11 is 0. The zero-order chi connectivity index (χ0) is 15.1. The summed E-state index contributed by atoms with van der Waals surface area (Å²) in [4.78, 5) is 0. The third-order valence-corrected chi connectivity index (χ3v) is 5.19. The average molecular weight is 288 g/mol. The minimum absolute atomic E-state index is 0.208. The molecule has 0 aliphatic carbocycles. The highest BCUT2D eigenvalue weighted by Crippen LogP contribution is 2.49. The van der Waals surface area contributed by atoms with Crippen LogP contribution in [0, 0.1) is 11.3 Å². The lowest BCUT2D eigenvalue weighted by Crippen LogP contribution is -2.36. The molecule has 0 saturated heterocycles. The second-order valence-electron chi connectivity index (χ2n) is 5.75. The van der Waals surface area contributed by atoms with Crippen molar-refractivity contribution >= 4 is 8.53 Å². The molecular weight excluding hydrogens is 259 g/mol. The van der Waals surface area contributed by atoms with Gasteiger partial charge in [0.05, 0.1) is 24.7 Å². The van der Waals surface area contributed by atoms with Crippen molar-refractivity contribution in [2.24, 2.45) is 0 Å². The smallest absolute Gasteiger partial charge is 0.259 e. The molecular formula is C14H29N2O2P. The summed E-state index contributed by atoms with van der Waals surface area (Å²) in [5.41, 5.74) is -0.208. The summed E-state index contributed by atoms with van der Waals surface area (Å²) in [6.45, 7) is 15.3. The molecule has 0 saturated carbocycles. The van der Waals surface area contributed by atoms with E-state index in [-0.39, 0.29) is 5.60 Å². The third kappa shape index (κ3) is 7.22. The van der Waals surface area contributed by atoms with Crippen molar-refractivity contribution in [3.63, 3.8) is 0 Å². The summed E-state index contributed by atoms with van der Waals surface area (Å²) in [5, 5.41) is 8.64. The molecule has 0 amide bonds. The largest absolute Gasteiger partial charge is 0.321 e. The normalized spacial score (nSPS) is 14.2. The second-order valence-corrected chi connectivity index (χ2v) is 7.13. The van der Waals surface area contributed by atoms with Crippen molar-refractivity contribution in [3.05, 3.63) is 0 Å². The Bertz CT molecular complexity index is 280. The van der Waals surface area contributed by atoms with E-state index in [1.54, 1.807) is 0 Å². The molecule has 1 unspecified atom stereocenters. The SMILES string of the molecule is CCC(C)(C)OP(OCCC#N)N(C(C)C)C(C)C. The minimum atomic E-state index is -1.13. The Morgan fingerprint density at radius 1 is 1.21 bits per heavy atom. The van der Waals surface area contributed by atoms with Crippen molar-refractivity contribution in [1.29, 1.82) is 5.26 Å².